The predicted molar refractivity (Wildman–Crippen MR) is 84.9 cm³/mol. The fourth-order valence-electron chi connectivity index (χ4n) is 3.34. The molecule has 3 N–H and O–H groups in total. The fourth-order valence-corrected chi connectivity index (χ4v) is 3.60. The Bertz CT molecular complexity index is 597. The monoisotopic (exact) mass is 304 g/mol. The van der Waals surface area contributed by atoms with E-state index in [4.69, 9.17) is 17.4 Å². The van der Waals surface area contributed by atoms with Crippen LogP contribution in [0.2, 0.25) is 5.02 Å². The second kappa shape index (κ2) is 6.18. The molecule has 1 heterocycles. The van der Waals surface area contributed by atoms with Gasteiger partial charge in [-0.25, -0.2) is 0 Å². The molecular weight excluding hydrogens is 284 g/mol. The SMILES string of the molecule is CCCn1ncc(Cl)c1C(NN)C1Cc2ccccc2C1. The number of benzene rings is 1. The third kappa shape index (κ3) is 2.71. The van der Waals surface area contributed by atoms with E-state index in [1.165, 1.54) is 11.1 Å². The van der Waals surface area contributed by atoms with Crippen molar-refractivity contribution in [2.24, 2.45) is 11.8 Å². The van der Waals surface area contributed by atoms with E-state index in [1.807, 2.05) is 4.68 Å². The van der Waals surface area contributed by atoms with Crippen molar-refractivity contribution in [2.75, 3.05) is 0 Å². The summed E-state index contributed by atoms with van der Waals surface area (Å²) in [6.07, 6.45) is 4.80. The van der Waals surface area contributed by atoms with E-state index >= 15 is 0 Å². The van der Waals surface area contributed by atoms with Gasteiger partial charge in [0, 0.05) is 6.54 Å². The predicted octanol–water partition coefficient (Wildman–Crippen LogP) is 2.87. The van der Waals surface area contributed by atoms with Crippen LogP contribution in [0.25, 0.3) is 0 Å². The zero-order valence-electron chi connectivity index (χ0n) is 12.2. The third-order valence-electron chi connectivity index (χ3n) is 4.30. The van der Waals surface area contributed by atoms with E-state index in [9.17, 15) is 0 Å². The topological polar surface area (TPSA) is 55.9 Å². The number of nitrogens with one attached hydrogen (secondary N) is 1. The molecule has 21 heavy (non-hydrogen) atoms. The molecule has 1 aliphatic carbocycles. The zero-order valence-corrected chi connectivity index (χ0v) is 13.0. The van der Waals surface area contributed by atoms with Gasteiger partial charge in [-0.05, 0) is 36.3 Å². The van der Waals surface area contributed by atoms with E-state index in [0.29, 0.717) is 10.9 Å². The number of rotatable bonds is 5. The first kappa shape index (κ1) is 14.6. The number of hydrogen-bond acceptors (Lipinski definition) is 3. The molecule has 0 saturated heterocycles. The molecule has 0 saturated carbocycles. The van der Waals surface area contributed by atoms with Gasteiger partial charge in [-0.3, -0.25) is 16.0 Å². The third-order valence-corrected chi connectivity index (χ3v) is 4.59. The van der Waals surface area contributed by atoms with Crippen LogP contribution in [-0.4, -0.2) is 9.78 Å². The lowest BCUT2D eigenvalue weighted by molar-refractivity contribution is 0.354. The van der Waals surface area contributed by atoms with E-state index in [1.54, 1.807) is 6.20 Å². The Morgan fingerprint density at radius 1 is 1.38 bits per heavy atom. The van der Waals surface area contributed by atoms with Crippen LogP contribution in [0.15, 0.2) is 30.5 Å². The number of halogens is 1. The van der Waals surface area contributed by atoms with Crippen LogP contribution < -0.4 is 11.3 Å². The first-order chi connectivity index (χ1) is 10.2. The van der Waals surface area contributed by atoms with Gasteiger partial charge in [-0.1, -0.05) is 42.8 Å². The summed E-state index contributed by atoms with van der Waals surface area (Å²) < 4.78 is 1.98. The Labute approximate surface area is 130 Å². The number of aryl methyl sites for hydroxylation is 1. The Hall–Kier alpha value is -1.36. The van der Waals surface area contributed by atoms with Gasteiger partial charge in [0.15, 0.2) is 0 Å². The van der Waals surface area contributed by atoms with E-state index in [-0.39, 0.29) is 6.04 Å². The van der Waals surface area contributed by atoms with Crippen LogP contribution in [0.1, 0.15) is 36.2 Å². The summed E-state index contributed by atoms with van der Waals surface area (Å²) in [6, 6.07) is 8.63. The average Bonchev–Trinajstić information content (AvgIpc) is 3.06. The molecule has 0 radical (unpaired) electrons. The van der Waals surface area contributed by atoms with Crippen molar-refractivity contribution in [1.82, 2.24) is 15.2 Å². The van der Waals surface area contributed by atoms with Crippen molar-refractivity contribution in [2.45, 2.75) is 38.8 Å². The first-order valence-corrected chi connectivity index (χ1v) is 7.86. The molecule has 1 unspecified atom stereocenters. The zero-order chi connectivity index (χ0) is 14.8. The minimum absolute atomic E-state index is 0.0268. The lowest BCUT2D eigenvalue weighted by Gasteiger charge is -2.24. The van der Waals surface area contributed by atoms with Gasteiger partial charge in [-0.15, -0.1) is 0 Å². The van der Waals surface area contributed by atoms with Crippen molar-refractivity contribution in [3.8, 4) is 0 Å². The van der Waals surface area contributed by atoms with Crippen molar-refractivity contribution in [1.29, 1.82) is 0 Å². The molecule has 2 aromatic rings. The van der Waals surface area contributed by atoms with Crippen LogP contribution in [0.5, 0.6) is 0 Å². The summed E-state index contributed by atoms with van der Waals surface area (Å²) in [4.78, 5) is 0. The van der Waals surface area contributed by atoms with Crippen LogP contribution >= 0.6 is 11.6 Å². The highest BCUT2D eigenvalue weighted by Gasteiger charge is 2.32. The van der Waals surface area contributed by atoms with Crippen LogP contribution in [-0.2, 0) is 19.4 Å². The normalized spacial score (nSPS) is 16.1. The minimum Gasteiger partial charge on any atom is -0.271 e. The Balaban J connectivity index is 1.89. The van der Waals surface area contributed by atoms with Gasteiger partial charge in [0.1, 0.15) is 0 Å². The summed E-state index contributed by atoms with van der Waals surface area (Å²) in [7, 11) is 0. The maximum absolute atomic E-state index is 6.37. The molecule has 0 bridgehead atoms. The lowest BCUT2D eigenvalue weighted by atomic mass is 9.94. The highest BCUT2D eigenvalue weighted by Crippen LogP contribution is 2.37. The van der Waals surface area contributed by atoms with Gasteiger partial charge in [0.2, 0.25) is 0 Å². The Kier molecular flexibility index (Phi) is 4.29. The maximum Gasteiger partial charge on any atom is 0.0834 e. The Morgan fingerprint density at radius 3 is 2.62 bits per heavy atom. The van der Waals surface area contributed by atoms with Crippen molar-refractivity contribution in [3.05, 3.63) is 52.3 Å². The largest absolute Gasteiger partial charge is 0.271 e. The smallest absolute Gasteiger partial charge is 0.0834 e. The van der Waals surface area contributed by atoms with Gasteiger partial charge in [0.05, 0.1) is 23.0 Å². The van der Waals surface area contributed by atoms with Gasteiger partial charge in [-0.2, -0.15) is 5.10 Å². The quantitative estimate of drug-likeness (QED) is 0.660. The molecule has 0 spiro atoms. The van der Waals surface area contributed by atoms with Crippen LogP contribution in [0.3, 0.4) is 0 Å². The van der Waals surface area contributed by atoms with Gasteiger partial charge >= 0.3 is 0 Å². The number of nitrogens with two attached hydrogens (primary N) is 1. The van der Waals surface area contributed by atoms with Crippen LogP contribution in [0.4, 0.5) is 0 Å². The summed E-state index contributed by atoms with van der Waals surface area (Å²) in [5.74, 6) is 6.28. The van der Waals surface area contributed by atoms with Crippen molar-refractivity contribution in [3.63, 3.8) is 0 Å². The number of hydrogen-bond donors (Lipinski definition) is 2. The number of fused-ring (bicyclic) bond motifs is 1. The van der Waals surface area contributed by atoms with Crippen molar-refractivity contribution < 1.29 is 0 Å². The molecule has 112 valence electrons. The molecule has 1 aliphatic rings. The van der Waals surface area contributed by atoms with E-state index < -0.39 is 0 Å². The summed E-state index contributed by atoms with van der Waals surface area (Å²) in [6.45, 7) is 3.00. The molecule has 1 aromatic carbocycles. The average molecular weight is 305 g/mol. The minimum atomic E-state index is 0.0268. The molecule has 5 heteroatoms. The van der Waals surface area contributed by atoms with Crippen molar-refractivity contribution >= 4 is 11.6 Å². The molecule has 3 rings (SSSR count). The maximum atomic E-state index is 6.37. The summed E-state index contributed by atoms with van der Waals surface area (Å²) in [5.41, 5.74) is 6.82. The first-order valence-electron chi connectivity index (χ1n) is 7.48. The van der Waals surface area contributed by atoms with E-state index in [0.717, 1.165) is 31.5 Å². The molecule has 0 aliphatic heterocycles. The second-order valence-electron chi connectivity index (χ2n) is 5.68. The molecule has 0 amide bonds. The number of aromatic nitrogens is 2. The number of nitrogens with zero attached hydrogens (tertiary/aromatic N) is 2. The summed E-state index contributed by atoms with van der Waals surface area (Å²) in [5, 5.41) is 5.08. The lowest BCUT2D eigenvalue weighted by Crippen LogP contribution is -2.35. The molecule has 0 fully saturated rings. The standard InChI is InChI=1S/C16H21ClN4/c1-2-7-21-16(14(17)10-19-21)15(20-18)13-8-11-5-3-4-6-12(11)9-13/h3-6,10,13,15,20H,2,7-9,18H2,1H3. The molecule has 1 atom stereocenters. The van der Waals surface area contributed by atoms with Crippen LogP contribution in [0, 0.1) is 5.92 Å². The fraction of sp³-hybridized carbons (Fsp3) is 0.438. The van der Waals surface area contributed by atoms with Gasteiger partial charge in [0.25, 0.3) is 0 Å². The second-order valence-corrected chi connectivity index (χ2v) is 6.09. The summed E-state index contributed by atoms with van der Waals surface area (Å²) >= 11 is 6.37. The molecular formula is C16H21ClN4. The highest BCUT2D eigenvalue weighted by atomic mass is 35.5. The number of hydrazine groups is 1. The van der Waals surface area contributed by atoms with E-state index in [2.05, 4.69) is 41.7 Å². The van der Waals surface area contributed by atoms with Gasteiger partial charge < -0.3 is 0 Å². The Morgan fingerprint density at radius 2 is 2.05 bits per heavy atom. The highest BCUT2D eigenvalue weighted by molar-refractivity contribution is 6.31. The molecule has 4 nitrogen and oxygen atoms in total. The molecule has 1 aromatic heterocycles.